The molecular formula is C19H15BrN2O2. The fraction of sp³-hybridized carbons (Fsp3) is 0.0526. The first-order valence-electron chi connectivity index (χ1n) is 7.38. The van der Waals surface area contributed by atoms with Crippen molar-refractivity contribution in [2.24, 2.45) is 0 Å². The average Bonchev–Trinajstić information content (AvgIpc) is 2.59. The summed E-state index contributed by atoms with van der Waals surface area (Å²) in [6.45, 7) is 2.02. The first-order valence-corrected chi connectivity index (χ1v) is 8.17. The lowest BCUT2D eigenvalue weighted by atomic mass is 10.2. The van der Waals surface area contributed by atoms with E-state index in [1.165, 1.54) is 5.56 Å². The van der Waals surface area contributed by atoms with Gasteiger partial charge in [-0.15, -0.1) is 0 Å². The first kappa shape index (κ1) is 16.2. The minimum Gasteiger partial charge on any atom is -0.439 e. The Balaban J connectivity index is 1.66. The lowest BCUT2D eigenvalue weighted by Gasteiger charge is -2.08. The van der Waals surface area contributed by atoms with Crippen LogP contribution >= 0.6 is 15.9 Å². The van der Waals surface area contributed by atoms with Gasteiger partial charge in [-0.3, -0.25) is 4.79 Å². The zero-order valence-corrected chi connectivity index (χ0v) is 14.6. The number of carbonyl (C=O) groups is 1. The molecule has 0 bridgehead atoms. The van der Waals surface area contributed by atoms with Crippen molar-refractivity contribution >= 4 is 27.5 Å². The number of anilines is 1. The van der Waals surface area contributed by atoms with E-state index in [2.05, 4.69) is 26.2 Å². The number of halogens is 1. The highest BCUT2D eigenvalue weighted by Gasteiger charge is 2.07. The summed E-state index contributed by atoms with van der Waals surface area (Å²) in [6.07, 6.45) is 1.57. The Labute approximate surface area is 148 Å². The van der Waals surface area contributed by atoms with Crippen LogP contribution in [0.2, 0.25) is 0 Å². The van der Waals surface area contributed by atoms with E-state index in [-0.39, 0.29) is 5.91 Å². The molecule has 1 heterocycles. The predicted molar refractivity (Wildman–Crippen MR) is 97.6 cm³/mol. The van der Waals surface area contributed by atoms with E-state index in [0.717, 1.165) is 10.2 Å². The largest absolute Gasteiger partial charge is 0.439 e. The number of nitrogens with zero attached hydrogens (tertiary/aromatic N) is 1. The number of aryl methyl sites for hydroxylation is 1. The Bertz CT molecular complexity index is 846. The molecule has 4 nitrogen and oxygen atoms in total. The number of amides is 1. The molecule has 1 aromatic heterocycles. The number of ether oxygens (including phenoxy) is 1. The molecule has 0 unspecified atom stereocenters. The molecule has 1 amide bonds. The topological polar surface area (TPSA) is 51.2 Å². The van der Waals surface area contributed by atoms with Gasteiger partial charge in [-0.1, -0.05) is 39.7 Å². The molecule has 0 radical (unpaired) electrons. The van der Waals surface area contributed by atoms with E-state index in [1.54, 1.807) is 30.5 Å². The molecule has 3 rings (SSSR count). The van der Waals surface area contributed by atoms with Crippen molar-refractivity contribution in [1.29, 1.82) is 0 Å². The SMILES string of the molecule is Cc1ccc(Oc2ccc(NC(=O)c3cccc(Br)c3)cn2)cc1. The van der Waals surface area contributed by atoms with Gasteiger partial charge in [0.25, 0.3) is 5.91 Å². The molecule has 0 aliphatic rings. The van der Waals surface area contributed by atoms with E-state index in [0.29, 0.717) is 17.1 Å². The maximum atomic E-state index is 12.2. The fourth-order valence-corrected chi connectivity index (χ4v) is 2.47. The highest BCUT2D eigenvalue weighted by Crippen LogP contribution is 2.21. The fourth-order valence-electron chi connectivity index (χ4n) is 2.07. The Morgan fingerprint density at radius 1 is 1.08 bits per heavy atom. The second-order valence-electron chi connectivity index (χ2n) is 5.26. The number of hydrogen-bond donors (Lipinski definition) is 1. The van der Waals surface area contributed by atoms with Gasteiger partial charge in [0.1, 0.15) is 5.75 Å². The van der Waals surface area contributed by atoms with E-state index < -0.39 is 0 Å². The molecule has 0 aliphatic heterocycles. The quantitative estimate of drug-likeness (QED) is 0.674. The standard InChI is InChI=1S/C19H15BrN2O2/c1-13-5-8-17(9-6-13)24-18-10-7-16(12-21-18)22-19(23)14-3-2-4-15(20)11-14/h2-12H,1H3,(H,22,23). The van der Waals surface area contributed by atoms with E-state index in [9.17, 15) is 4.79 Å². The number of carbonyl (C=O) groups excluding carboxylic acids is 1. The number of nitrogens with one attached hydrogen (secondary N) is 1. The second kappa shape index (κ2) is 7.27. The summed E-state index contributed by atoms with van der Waals surface area (Å²) in [5.74, 6) is 1.00. The van der Waals surface area contributed by atoms with Gasteiger partial charge >= 0.3 is 0 Å². The van der Waals surface area contributed by atoms with Gasteiger partial charge in [0, 0.05) is 16.1 Å². The van der Waals surface area contributed by atoms with Gasteiger partial charge in [-0.2, -0.15) is 0 Å². The third-order valence-electron chi connectivity index (χ3n) is 3.32. The van der Waals surface area contributed by atoms with Gasteiger partial charge in [0.2, 0.25) is 5.88 Å². The molecule has 0 saturated carbocycles. The van der Waals surface area contributed by atoms with Crippen LogP contribution in [0.1, 0.15) is 15.9 Å². The van der Waals surface area contributed by atoms with Crippen LogP contribution < -0.4 is 10.1 Å². The molecule has 5 heteroatoms. The number of benzene rings is 2. The summed E-state index contributed by atoms with van der Waals surface area (Å²) in [5, 5.41) is 2.81. The lowest BCUT2D eigenvalue weighted by molar-refractivity contribution is 0.102. The van der Waals surface area contributed by atoms with Crippen molar-refractivity contribution in [3.8, 4) is 11.6 Å². The van der Waals surface area contributed by atoms with Crippen LogP contribution in [0, 0.1) is 6.92 Å². The highest BCUT2D eigenvalue weighted by atomic mass is 79.9. The molecule has 120 valence electrons. The zero-order chi connectivity index (χ0) is 16.9. The number of aromatic nitrogens is 1. The molecule has 3 aromatic rings. The molecule has 0 fully saturated rings. The zero-order valence-electron chi connectivity index (χ0n) is 13.0. The molecule has 0 spiro atoms. The lowest BCUT2D eigenvalue weighted by Crippen LogP contribution is -2.11. The molecule has 0 atom stereocenters. The van der Waals surface area contributed by atoms with Crippen LogP contribution in [-0.2, 0) is 0 Å². The average molecular weight is 383 g/mol. The van der Waals surface area contributed by atoms with Crippen molar-refractivity contribution in [3.05, 3.63) is 82.5 Å². The van der Waals surface area contributed by atoms with Gasteiger partial charge in [-0.25, -0.2) is 4.98 Å². The third kappa shape index (κ3) is 4.20. The number of rotatable bonds is 4. The second-order valence-corrected chi connectivity index (χ2v) is 6.18. The molecular weight excluding hydrogens is 368 g/mol. The van der Waals surface area contributed by atoms with Crippen LogP contribution in [0.25, 0.3) is 0 Å². The van der Waals surface area contributed by atoms with Gasteiger partial charge < -0.3 is 10.1 Å². The molecule has 1 N–H and O–H groups in total. The number of pyridine rings is 1. The predicted octanol–water partition coefficient (Wildman–Crippen LogP) is 5.20. The summed E-state index contributed by atoms with van der Waals surface area (Å²) in [7, 11) is 0. The van der Waals surface area contributed by atoms with Crippen molar-refractivity contribution in [2.75, 3.05) is 5.32 Å². The maximum absolute atomic E-state index is 12.2. The van der Waals surface area contributed by atoms with Crippen LogP contribution in [0.3, 0.4) is 0 Å². The smallest absolute Gasteiger partial charge is 0.255 e. The minimum absolute atomic E-state index is 0.190. The van der Waals surface area contributed by atoms with Crippen molar-refractivity contribution in [3.63, 3.8) is 0 Å². The van der Waals surface area contributed by atoms with Crippen molar-refractivity contribution < 1.29 is 9.53 Å². The van der Waals surface area contributed by atoms with E-state index in [1.807, 2.05) is 43.3 Å². The minimum atomic E-state index is -0.190. The Morgan fingerprint density at radius 3 is 2.54 bits per heavy atom. The summed E-state index contributed by atoms with van der Waals surface area (Å²) in [4.78, 5) is 16.4. The summed E-state index contributed by atoms with van der Waals surface area (Å²) in [6, 6.07) is 18.4. The summed E-state index contributed by atoms with van der Waals surface area (Å²) >= 11 is 3.35. The Kier molecular flexibility index (Phi) is 4.91. The van der Waals surface area contributed by atoms with Crippen LogP contribution in [-0.4, -0.2) is 10.9 Å². The molecule has 0 saturated heterocycles. The Morgan fingerprint density at radius 2 is 1.88 bits per heavy atom. The van der Waals surface area contributed by atoms with E-state index in [4.69, 9.17) is 4.74 Å². The van der Waals surface area contributed by atoms with Crippen molar-refractivity contribution in [2.45, 2.75) is 6.92 Å². The highest BCUT2D eigenvalue weighted by molar-refractivity contribution is 9.10. The molecule has 2 aromatic carbocycles. The third-order valence-corrected chi connectivity index (χ3v) is 3.82. The summed E-state index contributed by atoms with van der Waals surface area (Å²) in [5.41, 5.74) is 2.35. The van der Waals surface area contributed by atoms with Gasteiger partial charge in [0.05, 0.1) is 11.9 Å². The van der Waals surface area contributed by atoms with Crippen LogP contribution in [0.5, 0.6) is 11.6 Å². The molecule has 24 heavy (non-hydrogen) atoms. The number of hydrogen-bond acceptors (Lipinski definition) is 3. The first-order chi connectivity index (χ1) is 11.6. The van der Waals surface area contributed by atoms with Gasteiger partial charge in [0.15, 0.2) is 0 Å². The normalized spacial score (nSPS) is 10.2. The monoisotopic (exact) mass is 382 g/mol. The van der Waals surface area contributed by atoms with Crippen molar-refractivity contribution in [1.82, 2.24) is 4.98 Å². The Hall–Kier alpha value is -2.66. The summed E-state index contributed by atoms with van der Waals surface area (Å²) < 4.78 is 6.52. The van der Waals surface area contributed by atoms with Crippen LogP contribution in [0.15, 0.2) is 71.3 Å². The maximum Gasteiger partial charge on any atom is 0.255 e. The molecule has 0 aliphatic carbocycles. The van der Waals surface area contributed by atoms with Gasteiger partial charge in [-0.05, 0) is 43.3 Å². The van der Waals surface area contributed by atoms with E-state index >= 15 is 0 Å². The van der Waals surface area contributed by atoms with Crippen LogP contribution in [0.4, 0.5) is 5.69 Å².